The van der Waals surface area contributed by atoms with Crippen LogP contribution in [0.4, 0.5) is 0 Å². The molecular weight excluding hydrogens is 290 g/mol. The van der Waals surface area contributed by atoms with E-state index in [2.05, 4.69) is 5.10 Å². The molecule has 2 heterocycles. The molecule has 3 aromatic rings. The van der Waals surface area contributed by atoms with Crippen molar-refractivity contribution in [1.82, 2.24) is 14.3 Å². The molecular formula is C14H11N3O5. The van der Waals surface area contributed by atoms with Crippen molar-refractivity contribution in [1.29, 1.82) is 0 Å². The van der Waals surface area contributed by atoms with Crippen LogP contribution in [-0.4, -0.2) is 14.3 Å². The Bertz CT molecular complexity index is 1040. The molecule has 0 N–H and O–H groups in total. The predicted octanol–water partition coefficient (Wildman–Crippen LogP) is 0.378. The van der Waals surface area contributed by atoms with Crippen molar-refractivity contribution in [3.05, 3.63) is 61.6 Å². The first-order valence-electron chi connectivity index (χ1n) is 6.32. The molecule has 0 unspecified atom stereocenters. The largest absolute Gasteiger partial charge is 0.433 e. The van der Waals surface area contributed by atoms with Crippen molar-refractivity contribution in [3.63, 3.8) is 0 Å². The van der Waals surface area contributed by atoms with Crippen LogP contribution in [0.2, 0.25) is 0 Å². The summed E-state index contributed by atoms with van der Waals surface area (Å²) in [6, 6.07) is 7.69. The van der Waals surface area contributed by atoms with Gasteiger partial charge in [-0.05, 0) is 18.2 Å². The van der Waals surface area contributed by atoms with Gasteiger partial charge in [0, 0.05) is 31.6 Å². The molecule has 0 spiro atoms. The molecule has 0 saturated carbocycles. The highest BCUT2D eigenvalue weighted by Crippen LogP contribution is 2.22. The van der Waals surface area contributed by atoms with E-state index < -0.39 is 16.9 Å². The van der Waals surface area contributed by atoms with Crippen LogP contribution in [-0.2, 0) is 14.1 Å². The molecule has 0 amide bonds. The molecule has 112 valence electrons. The lowest BCUT2D eigenvalue weighted by Crippen LogP contribution is -2.38. The average molecular weight is 301 g/mol. The number of fused-ring (bicyclic) bond motifs is 1. The fourth-order valence-corrected chi connectivity index (χ4v) is 1.95. The van der Waals surface area contributed by atoms with Crippen LogP contribution < -0.4 is 21.6 Å². The third kappa shape index (κ3) is 2.30. The second-order valence-corrected chi connectivity index (χ2v) is 4.63. The van der Waals surface area contributed by atoms with E-state index in [1.165, 1.54) is 26.2 Å². The van der Waals surface area contributed by atoms with Gasteiger partial charge in [0.15, 0.2) is 0 Å². The minimum absolute atomic E-state index is 0.248. The molecule has 22 heavy (non-hydrogen) atoms. The lowest BCUT2D eigenvalue weighted by Gasteiger charge is -2.07. The van der Waals surface area contributed by atoms with E-state index in [9.17, 15) is 14.4 Å². The van der Waals surface area contributed by atoms with Crippen molar-refractivity contribution in [3.8, 4) is 11.6 Å². The van der Waals surface area contributed by atoms with Gasteiger partial charge in [0.1, 0.15) is 11.3 Å². The number of aryl methyl sites for hydroxylation is 1. The number of aromatic nitrogens is 3. The van der Waals surface area contributed by atoms with Gasteiger partial charge < -0.3 is 9.15 Å². The van der Waals surface area contributed by atoms with Crippen LogP contribution in [0.5, 0.6) is 11.6 Å². The fourth-order valence-electron chi connectivity index (χ4n) is 1.95. The van der Waals surface area contributed by atoms with E-state index in [0.29, 0.717) is 11.0 Å². The number of hydrogen-bond acceptors (Lipinski definition) is 6. The van der Waals surface area contributed by atoms with E-state index in [4.69, 9.17) is 9.15 Å². The van der Waals surface area contributed by atoms with Gasteiger partial charge in [-0.1, -0.05) is 0 Å². The average Bonchev–Trinajstić information content (AvgIpc) is 2.50. The first kappa shape index (κ1) is 13.8. The number of rotatable bonds is 2. The summed E-state index contributed by atoms with van der Waals surface area (Å²) in [5.74, 6) is 0.0207. The molecule has 1 aromatic carbocycles. The monoisotopic (exact) mass is 301 g/mol. The number of nitrogens with zero attached hydrogens (tertiary/aromatic N) is 3. The Hall–Kier alpha value is -3.16. The van der Waals surface area contributed by atoms with E-state index in [0.717, 1.165) is 9.25 Å². The van der Waals surface area contributed by atoms with Crippen LogP contribution in [0.1, 0.15) is 0 Å². The molecule has 2 aromatic heterocycles. The van der Waals surface area contributed by atoms with Gasteiger partial charge in [0.05, 0.1) is 0 Å². The molecule has 0 fully saturated rings. The van der Waals surface area contributed by atoms with E-state index in [1.807, 2.05) is 0 Å². The third-order valence-electron chi connectivity index (χ3n) is 3.10. The van der Waals surface area contributed by atoms with Crippen LogP contribution >= 0.6 is 0 Å². The Morgan fingerprint density at radius 3 is 2.59 bits per heavy atom. The Labute approximate surface area is 122 Å². The molecule has 8 heteroatoms. The Morgan fingerprint density at radius 1 is 1.09 bits per heavy atom. The highest BCUT2D eigenvalue weighted by molar-refractivity contribution is 5.77. The minimum atomic E-state index is -0.655. The summed E-state index contributed by atoms with van der Waals surface area (Å²) in [5.41, 5.74) is -1.37. The van der Waals surface area contributed by atoms with Crippen molar-refractivity contribution in [2.24, 2.45) is 14.1 Å². The van der Waals surface area contributed by atoms with Gasteiger partial charge >= 0.3 is 22.8 Å². The third-order valence-corrected chi connectivity index (χ3v) is 3.10. The normalized spacial score (nSPS) is 10.8. The summed E-state index contributed by atoms with van der Waals surface area (Å²) in [5, 5.41) is 4.50. The molecule has 0 aliphatic carbocycles. The second kappa shape index (κ2) is 4.99. The number of hydrogen-bond donors (Lipinski definition) is 0. The van der Waals surface area contributed by atoms with Crippen molar-refractivity contribution in [2.75, 3.05) is 0 Å². The Kier molecular flexibility index (Phi) is 3.13. The van der Waals surface area contributed by atoms with Gasteiger partial charge in [-0.2, -0.15) is 0 Å². The molecule has 0 bridgehead atoms. The lowest BCUT2D eigenvalue weighted by molar-refractivity contribution is 0.414. The fraction of sp³-hybridized carbons (Fsp3) is 0.143. The molecule has 0 aliphatic rings. The first-order chi connectivity index (χ1) is 10.5. The van der Waals surface area contributed by atoms with Crippen LogP contribution in [0, 0.1) is 0 Å². The quantitative estimate of drug-likeness (QED) is 0.635. The maximum Gasteiger partial charge on any atom is 0.347 e. The summed E-state index contributed by atoms with van der Waals surface area (Å²) in [6.07, 6.45) is 0. The zero-order chi connectivity index (χ0) is 15.9. The van der Waals surface area contributed by atoms with Gasteiger partial charge in [-0.15, -0.1) is 5.10 Å². The van der Waals surface area contributed by atoms with Gasteiger partial charge in [0.2, 0.25) is 0 Å². The van der Waals surface area contributed by atoms with E-state index >= 15 is 0 Å². The summed E-state index contributed by atoms with van der Waals surface area (Å²) in [7, 11) is 2.74. The van der Waals surface area contributed by atoms with Crippen molar-refractivity contribution in [2.45, 2.75) is 0 Å². The molecule has 8 nitrogen and oxygen atoms in total. The lowest BCUT2D eigenvalue weighted by atomic mass is 10.2. The summed E-state index contributed by atoms with van der Waals surface area (Å²) in [4.78, 5) is 34.7. The predicted molar refractivity (Wildman–Crippen MR) is 77.3 cm³/mol. The molecule has 0 aliphatic heterocycles. The van der Waals surface area contributed by atoms with Crippen LogP contribution in [0.15, 0.2) is 49.1 Å². The summed E-state index contributed by atoms with van der Waals surface area (Å²) >= 11 is 0. The minimum Gasteiger partial charge on any atom is -0.433 e. The van der Waals surface area contributed by atoms with Gasteiger partial charge in [-0.25, -0.2) is 14.3 Å². The number of benzene rings is 1. The van der Waals surface area contributed by atoms with Crippen LogP contribution in [0.3, 0.4) is 0 Å². The van der Waals surface area contributed by atoms with E-state index in [1.54, 1.807) is 18.2 Å². The van der Waals surface area contributed by atoms with Crippen molar-refractivity contribution >= 4 is 11.0 Å². The molecule has 0 radical (unpaired) electrons. The molecule has 0 atom stereocenters. The zero-order valence-corrected chi connectivity index (χ0v) is 11.8. The Balaban J connectivity index is 2.09. The smallest absolute Gasteiger partial charge is 0.347 e. The first-order valence-corrected chi connectivity index (χ1v) is 6.32. The highest BCUT2D eigenvalue weighted by atomic mass is 16.5. The SMILES string of the molecule is Cn1nc(Oc2ccc3ccc(=O)oc3c2)c(=O)n(C)c1=O. The maximum atomic E-state index is 12.0. The second-order valence-electron chi connectivity index (χ2n) is 4.63. The van der Waals surface area contributed by atoms with Crippen molar-refractivity contribution < 1.29 is 9.15 Å². The summed E-state index contributed by atoms with van der Waals surface area (Å²) in [6.45, 7) is 0. The molecule has 0 saturated heterocycles. The van der Waals surface area contributed by atoms with Gasteiger partial charge in [0.25, 0.3) is 0 Å². The highest BCUT2D eigenvalue weighted by Gasteiger charge is 2.11. The van der Waals surface area contributed by atoms with Crippen LogP contribution in [0.25, 0.3) is 11.0 Å². The molecule has 3 rings (SSSR count). The summed E-state index contributed by atoms with van der Waals surface area (Å²) < 4.78 is 12.3. The van der Waals surface area contributed by atoms with Gasteiger partial charge in [-0.3, -0.25) is 9.36 Å². The maximum absolute atomic E-state index is 12.0. The standard InChI is InChI=1S/C14H11N3O5/c1-16-13(19)12(15-17(2)14(16)20)21-9-5-3-8-4-6-11(18)22-10(8)7-9/h3-7H,1-2H3. The van der Waals surface area contributed by atoms with E-state index in [-0.39, 0.29) is 11.6 Å². The zero-order valence-electron chi connectivity index (χ0n) is 11.8. The number of ether oxygens (including phenoxy) is 1. The topological polar surface area (TPSA) is 96.3 Å². The Morgan fingerprint density at radius 2 is 1.82 bits per heavy atom.